The van der Waals surface area contributed by atoms with Crippen LogP contribution in [0.3, 0.4) is 0 Å². The minimum Gasteiger partial charge on any atom is -0.454 e. The van der Waals surface area contributed by atoms with E-state index in [2.05, 4.69) is 10.6 Å². The molecule has 142 valence electrons. The van der Waals surface area contributed by atoms with E-state index < -0.39 is 6.04 Å². The van der Waals surface area contributed by atoms with Crippen molar-refractivity contribution in [3.8, 4) is 11.5 Å². The molecular weight excluding hydrogens is 344 g/mol. The molecule has 3 rings (SSSR count). The zero-order valence-corrected chi connectivity index (χ0v) is 15.7. The van der Waals surface area contributed by atoms with Gasteiger partial charge in [0.05, 0.1) is 0 Å². The van der Waals surface area contributed by atoms with Gasteiger partial charge in [0, 0.05) is 12.1 Å². The van der Waals surface area contributed by atoms with Crippen molar-refractivity contribution in [3.63, 3.8) is 0 Å². The van der Waals surface area contributed by atoms with Gasteiger partial charge in [0.15, 0.2) is 11.5 Å². The van der Waals surface area contributed by atoms with Gasteiger partial charge >= 0.3 is 0 Å². The molecule has 2 N–H and O–H groups in total. The number of nitrogens with one attached hydrogen (secondary N) is 2. The van der Waals surface area contributed by atoms with Crippen molar-refractivity contribution in [1.82, 2.24) is 10.6 Å². The first-order valence-corrected chi connectivity index (χ1v) is 8.98. The molecule has 2 amide bonds. The van der Waals surface area contributed by atoms with Gasteiger partial charge < -0.3 is 20.1 Å². The molecule has 1 aliphatic rings. The van der Waals surface area contributed by atoms with Crippen LogP contribution in [0.1, 0.15) is 35.3 Å². The second-order valence-electron chi connectivity index (χ2n) is 6.97. The Kier molecular flexibility index (Phi) is 5.64. The Hall–Kier alpha value is -3.02. The molecule has 1 heterocycles. The number of hydrogen-bond donors (Lipinski definition) is 2. The summed E-state index contributed by atoms with van der Waals surface area (Å²) >= 11 is 0. The highest BCUT2D eigenvalue weighted by molar-refractivity contribution is 5.97. The molecule has 0 aromatic heterocycles. The summed E-state index contributed by atoms with van der Waals surface area (Å²) in [6.45, 7) is 6.29. The highest BCUT2D eigenvalue weighted by atomic mass is 16.7. The van der Waals surface area contributed by atoms with E-state index in [4.69, 9.17) is 9.47 Å². The maximum absolute atomic E-state index is 12.6. The van der Waals surface area contributed by atoms with Gasteiger partial charge in [0.1, 0.15) is 6.04 Å². The molecule has 27 heavy (non-hydrogen) atoms. The van der Waals surface area contributed by atoms with Gasteiger partial charge in [-0.05, 0) is 42.7 Å². The van der Waals surface area contributed by atoms with Crippen LogP contribution in [-0.4, -0.2) is 24.6 Å². The molecule has 0 fully saturated rings. The number of hydrogen-bond acceptors (Lipinski definition) is 4. The smallest absolute Gasteiger partial charge is 0.251 e. The Morgan fingerprint density at radius 3 is 2.59 bits per heavy atom. The highest BCUT2D eigenvalue weighted by Crippen LogP contribution is 2.32. The maximum atomic E-state index is 12.6. The molecular formula is C21H24N2O4. The molecule has 1 atom stereocenters. The van der Waals surface area contributed by atoms with Crippen LogP contribution in [0.15, 0.2) is 42.5 Å². The summed E-state index contributed by atoms with van der Waals surface area (Å²) in [5.41, 5.74) is 2.44. The third-order valence-electron chi connectivity index (χ3n) is 4.42. The van der Waals surface area contributed by atoms with Gasteiger partial charge in [-0.25, -0.2) is 0 Å². The van der Waals surface area contributed by atoms with Crippen molar-refractivity contribution >= 4 is 11.8 Å². The fourth-order valence-corrected chi connectivity index (χ4v) is 2.90. The summed E-state index contributed by atoms with van der Waals surface area (Å²) < 4.78 is 10.6. The molecule has 6 heteroatoms. The molecule has 0 spiro atoms. The lowest BCUT2D eigenvalue weighted by Crippen LogP contribution is -2.49. The van der Waals surface area contributed by atoms with E-state index in [-0.39, 0.29) is 24.5 Å². The summed E-state index contributed by atoms with van der Waals surface area (Å²) in [4.78, 5) is 25.1. The van der Waals surface area contributed by atoms with Crippen molar-refractivity contribution in [2.24, 2.45) is 5.92 Å². The fourth-order valence-electron chi connectivity index (χ4n) is 2.90. The van der Waals surface area contributed by atoms with Crippen LogP contribution >= 0.6 is 0 Å². The minimum atomic E-state index is -0.618. The van der Waals surface area contributed by atoms with E-state index in [0.29, 0.717) is 23.6 Å². The Morgan fingerprint density at radius 1 is 1.07 bits per heavy atom. The zero-order chi connectivity index (χ0) is 19.4. The number of aryl methyl sites for hydroxylation is 1. The van der Waals surface area contributed by atoms with Crippen LogP contribution in [0.25, 0.3) is 0 Å². The highest BCUT2D eigenvalue weighted by Gasteiger charge is 2.24. The Balaban J connectivity index is 1.62. The van der Waals surface area contributed by atoms with E-state index in [1.165, 1.54) is 0 Å². The zero-order valence-electron chi connectivity index (χ0n) is 15.7. The lowest BCUT2D eigenvalue weighted by molar-refractivity contribution is -0.124. The van der Waals surface area contributed by atoms with Gasteiger partial charge in [0.25, 0.3) is 5.91 Å². The summed E-state index contributed by atoms with van der Waals surface area (Å²) in [5.74, 6) is 0.861. The molecule has 0 unspecified atom stereocenters. The molecule has 0 saturated heterocycles. The minimum absolute atomic E-state index is 0.0458. The first-order chi connectivity index (χ1) is 12.9. The van der Waals surface area contributed by atoms with Crippen LogP contribution in [0.5, 0.6) is 11.5 Å². The number of rotatable bonds is 6. The number of amides is 2. The molecule has 0 bridgehead atoms. The SMILES string of the molecule is Cc1cccc(C(=O)N[C@H](C(=O)NCc2ccc3c(c2)OCO3)C(C)C)c1. The summed E-state index contributed by atoms with van der Waals surface area (Å²) in [5, 5.41) is 5.73. The standard InChI is InChI=1S/C21H24N2O4/c1-13(2)19(23-20(24)16-6-4-5-14(3)9-16)21(25)22-11-15-7-8-17-18(10-15)27-12-26-17/h4-10,13,19H,11-12H2,1-3H3,(H,22,25)(H,23,24)/t19-/m0/s1. The van der Waals surface area contributed by atoms with Gasteiger partial charge in [-0.1, -0.05) is 37.6 Å². The Labute approximate surface area is 158 Å². The van der Waals surface area contributed by atoms with Crippen LogP contribution in [0.2, 0.25) is 0 Å². The summed E-state index contributed by atoms with van der Waals surface area (Å²) in [6, 6.07) is 12.2. The lowest BCUT2D eigenvalue weighted by Gasteiger charge is -2.22. The van der Waals surface area contributed by atoms with E-state index >= 15 is 0 Å². The molecule has 1 aliphatic heterocycles. The second-order valence-corrected chi connectivity index (χ2v) is 6.97. The maximum Gasteiger partial charge on any atom is 0.251 e. The van der Waals surface area contributed by atoms with E-state index in [9.17, 15) is 9.59 Å². The van der Waals surface area contributed by atoms with Crippen molar-refractivity contribution in [2.75, 3.05) is 6.79 Å². The number of fused-ring (bicyclic) bond motifs is 1. The van der Waals surface area contributed by atoms with Crippen LogP contribution < -0.4 is 20.1 Å². The van der Waals surface area contributed by atoms with Crippen molar-refractivity contribution in [3.05, 3.63) is 59.2 Å². The molecule has 2 aromatic rings. The van der Waals surface area contributed by atoms with Crippen LogP contribution in [0, 0.1) is 12.8 Å². The normalized spacial score (nSPS) is 13.3. The average molecular weight is 368 g/mol. The molecule has 2 aromatic carbocycles. The van der Waals surface area contributed by atoms with Gasteiger partial charge in [-0.15, -0.1) is 0 Å². The van der Waals surface area contributed by atoms with E-state index in [1.54, 1.807) is 12.1 Å². The van der Waals surface area contributed by atoms with Crippen LogP contribution in [0.4, 0.5) is 0 Å². The number of carbonyl (C=O) groups excluding carboxylic acids is 2. The monoisotopic (exact) mass is 368 g/mol. The molecule has 6 nitrogen and oxygen atoms in total. The lowest BCUT2D eigenvalue weighted by atomic mass is 10.0. The van der Waals surface area contributed by atoms with E-state index in [0.717, 1.165) is 11.1 Å². The first kappa shape index (κ1) is 18.8. The Bertz CT molecular complexity index is 848. The van der Waals surface area contributed by atoms with Crippen molar-refractivity contribution in [2.45, 2.75) is 33.4 Å². The van der Waals surface area contributed by atoms with Crippen molar-refractivity contribution < 1.29 is 19.1 Å². The van der Waals surface area contributed by atoms with E-state index in [1.807, 2.05) is 51.1 Å². The van der Waals surface area contributed by atoms with Crippen LogP contribution in [-0.2, 0) is 11.3 Å². The van der Waals surface area contributed by atoms with Crippen molar-refractivity contribution in [1.29, 1.82) is 0 Å². The molecule has 0 radical (unpaired) electrons. The third kappa shape index (κ3) is 4.58. The predicted octanol–water partition coefficient (Wildman–Crippen LogP) is 2.79. The number of ether oxygens (including phenoxy) is 2. The third-order valence-corrected chi connectivity index (χ3v) is 4.42. The summed E-state index contributed by atoms with van der Waals surface area (Å²) in [6.07, 6.45) is 0. The second kappa shape index (κ2) is 8.12. The largest absolute Gasteiger partial charge is 0.454 e. The van der Waals surface area contributed by atoms with Gasteiger partial charge in [0.2, 0.25) is 12.7 Å². The molecule has 0 saturated carbocycles. The Morgan fingerprint density at radius 2 is 1.85 bits per heavy atom. The molecule has 0 aliphatic carbocycles. The number of benzene rings is 2. The first-order valence-electron chi connectivity index (χ1n) is 8.98. The fraction of sp³-hybridized carbons (Fsp3) is 0.333. The quantitative estimate of drug-likeness (QED) is 0.822. The topological polar surface area (TPSA) is 76.7 Å². The summed E-state index contributed by atoms with van der Waals surface area (Å²) in [7, 11) is 0. The average Bonchev–Trinajstić information content (AvgIpc) is 3.11. The number of carbonyl (C=O) groups is 2. The van der Waals surface area contributed by atoms with Gasteiger partial charge in [-0.2, -0.15) is 0 Å². The predicted molar refractivity (Wildman–Crippen MR) is 102 cm³/mol. The van der Waals surface area contributed by atoms with Gasteiger partial charge in [-0.3, -0.25) is 9.59 Å².